The van der Waals surface area contributed by atoms with Gasteiger partial charge in [0.05, 0.1) is 0 Å². The van der Waals surface area contributed by atoms with Crippen molar-refractivity contribution in [2.75, 3.05) is 13.2 Å². The van der Waals surface area contributed by atoms with Crippen LogP contribution in [0, 0.1) is 0 Å². The third-order valence-corrected chi connectivity index (χ3v) is 10.8. The van der Waals surface area contributed by atoms with E-state index in [2.05, 4.69) is 69.4 Å². The topological polar surface area (TPSA) is 78.9 Å². The maximum Gasteiger partial charge on any atom is 0.306 e. The van der Waals surface area contributed by atoms with E-state index >= 15 is 0 Å². The lowest BCUT2D eigenvalue weighted by atomic mass is 10.0. The Hall–Kier alpha value is -2.63. The van der Waals surface area contributed by atoms with Crippen LogP contribution in [0.4, 0.5) is 0 Å². The van der Waals surface area contributed by atoms with E-state index in [1.807, 2.05) is 0 Å². The standard InChI is InChI=1S/C53H94O6/c1-4-7-10-13-16-19-22-25-28-31-34-37-40-43-46-52(55)58-49-50(48-57-51(54)45-42-39-36-33-30-27-24-21-18-15-12-9-6-3)59-53(56)47-44-41-38-35-32-29-26-23-20-17-14-11-8-5-2/h13-14,16-17,22-23,25-26,50H,4-12,15,18-21,24,27-49H2,1-3H3/b16-13+,17-14+,25-22+,26-23+/t50-/m1/s1. The molecule has 0 rings (SSSR count). The van der Waals surface area contributed by atoms with Gasteiger partial charge in [0.2, 0.25) is 0 Å². The first-order valence-corrected chi connectivity index (χ1v) is 25.1. The molecule has 59 heavy (non-hydrogen) atoms. The van der Waals surface area contributed by atoms with E-state index in [1.54, 1.807) is 0 Å². The first-order valence-electron chi connectivity index (χ1n) is 25.1. The second-order valence-electron chi connectivity index (χ2n) is 16.7. The van der Waals surface area contributed by atoms with E-state index in [0.717, 1.165) is 103 Å². The maximum atomic E-state index is 12.8. The summed E-state index contributed by atoms with van der Waals surface area (Å²) in [5.74, 6) is -0.905. The van der Waals surface area contributed by atoms with Gasteiger partial charge in [0.15, 0.2) is 6.10 Å². The number of allylic oxidation sites excluding steroid dienone is 8. The Bertz CT molecular complexity index is 1040. The van der Waals surface area contributed by atoms with Gasteiger partial charge in [-0.15, -0.1) is 0 Å². The van der Waals surface area contributed by atoms with Gasteiger partial charge in [0.1, 0.15) is 13.2 Å². The lowest BCUT2D eigenvalue weighted by Crippen LogP contribution is -2.30. The summed E-state index contributed by atoms with van der Waals surface area (Å²) in [7, 11) is 0. The van der Waals surface area contributed by atoms with Crippen molar-refractivity contribution in [3.8, 4) is 0 Å². The van der Waals surface area contributed by atoms with E-state index in [1.165, 1.54) is 109 Å². The van der Waals surface area contributed by atoms with Crippen LogP contribution in [-0.4, -0.2) is 37.2 Å². The van der Waals surface area contributed by atoms with E-state index in [9.17, 15) is 14.4 Å². The molecule has 0 aliphatic heterocycles. The van der Waals surface area contributed by atoms with Gasteiger partial charge in [-0.05, 0) is 70.6 Å². The molecule has 0 saturated carbocycles. The first kappa shape index (κ1) is 56.4. The summed E-state index contributed by atoms with van der Waals surface area (Å²) in [4.78, 5) is 37.9. The molecular formula is C53H94O6. The zero-order chi connectivity index (χ0) is 43.0. The van der Waals surface area contributed by atoms with Gasteiger partial charge in [-0.1, -0.05) is 211 Å². The normalized spacial score (nSPS) is 12.4. The SMILES string of the molecule is CCCC/C=C/C/C=C/CCCCCCCC(=O)OC[C@@H](COC(=O)CCCCCCCCCCCCCCC)OC(=O)CCCCCCC/C=C/C/C=C/CCCC. The van der Waals surface area contributed by atoms with E-state index < -0.39 is 6.10 Å². The predicted molar refractivity (Wildman–Crippen MR) is 252 cm³/mol. The van der Waals surface area contributed by atoms with Gasteiger partial charge in [0, 0.05) is 19.3 Å². The number of rotatable bonds is 45. The summed E-state index contributed by atoms with van der Waals surface area (Å²) in [5, 5.41) is 0. The van der Waals surface area contributed by atoms with Crippen molar-refractivity contribution in [1.82, 2.24) is 0 Å². The Labute approximate surface area is 365 Å². The van der Waals surface area contributed by atoms with Crippen molar-refractivity contribution in [1.29, 1.82) is 0 Å². The first-order chi connectivity index (χ1) is 29.0. The zero-order valence-corrected chi connectivity index (χ0v) is 39.0. The summed E-state index contributed by atoms with van der Waals surface area (Å²) in [6, 6.07) is 0. The number of carbonyl (C=O) groups excluding carboxylic acids is 3. The van der Waals surface area contributed by atoms with Gasteiger partial charge in [0.25, 0.3) is 0 Å². The Morgan fingerprint density at radius 2 is 0.627 bits per heavy atom. The third kappa shape index (κ3) is 46.3. The average molecular weight is 827 g/mol. The molecule has 0 aliphatic carbocycles. The summed E-state index contributed by atoms with van der Waals surface area (Å²) in [6.45, 7) is 6.54. The van der Waals surface area contributed by atoms with Crippen molar-refractivity contribution in [3.05, 3.63) is 48.6 Å². The molecule has 0 heterocycles. The molecule has 0 fully saturated rings. The summed E-state index contributed by atoms with van der Waals surface area (Å²) < 4.78 is 16.8. The molecule has 0 aromatic carbocycles. The Morgan fingerprint density at radius 3 is 0.983 bits per heavy atom. The summed E-state index contributed by atoms with van der Waals surface area (Å²) in [5.41, 5.74) is 0. The lowest BCUT2D eigenvalue weighted by Gasteiger charge is -2.18. The Morgan fingerprint density at radius 1 is 0.339 bits per heavy atom. The molecule has 0 saturated heterocycles. The second kappa shape index (κ2) is 48.0. The van der Waals surface area contributed by atoms with Gasteiger partial charge < -0.3 is 14.2 Å². The average Bonchev–Trinajstić information content (AvgIpc) is 3.23. The molecule has 0 aromatic heterocycles. The third-order valence-electron chi connectivity index (χ3n) is 10.8. The van der Waals surface area contributed by atoms with Gasteiger partial charge >= 0.3 is 17.9 Å². The van der Waals surface area contributed by atoms with Crippen LogP contribution in [0.25, 0.3) is 0 Å². The molecule has 0 aliphatic rings. The van der Waals surface area contributed by atoms with Crippen molar-refractivity contribution in [3.63, 3.8) is 0 Å². The number of hydrogen-bond donors (Lipinski definition) is 0. The number of ether oxygens (including phenoxy) is 3. The Kier molecular flexibility index (Phi) is 45.9. The molecule has 6 nitrogen and oxygen atoms in total. The number of carbonyl (C=O) groups is 3. The fourth-order valence-electron chi connectivity index (χ4n) is 6.95. The molecule has 1 atom stereocenters. The molecule has 342 valence electrons. The Balaban J connectivity index is 4.41. The molecule has 6 heteroatoms. The van der Waals surface area contributed by atoms with Crippen LogP contribution in [-0.2, 0) is 28.6 Å². The molecule has 0 aromatic rings. The van der Waals surface area contributed by atoms with Crippen LogP contribution in [0.5, 0.6) is 0 Å². The molecule has 0 radical (unpaired) electrons. The van der Waals surface area contributed by atoms with E-state index in [4.69, 9.17) is 14.2 Å². The van der Waals surface area contributed by atoms with Gasteiger partial charge in [-0.3, -0.25) is 14.4 Å². The highest BCUT2D eigenvalue weighted by Crippen LogP contribution is 2.15. The minimum Gasteiger partial charge on any atom is -0.462 e. The summed E-state index contributed by atoms with van der Waals surface area (Å²) >= 11 is 0. The minimum absolute atomic E-state index is 0.0814. The van der Waals surface area contributed by atoms with Crippen molar-refractivity contribution in [2.24, 2.45) is 0 Å². The van der Waals surface area contributed by atoms with Gasteiger partial charge in [-0.2, -0.15) is 0 Å². The van der Waals surface area contributed by atoms with Gasteiger partial charge in [-0.25, -0.2) is 0 Å². The highest BCUT2D eigenvalue weighted by molar-refractivity contribution is 5.71. The lowest BCUT2D eigenvalue weighted by molar-refractivity contribution is -0.167. The predicted octanol–water partition coefficient (Wildman–Crippen LogP) is 16.3. The number of unbranched alkanes of at least 4 members (excludes halogenated alkanes) is 26. The highest BCUT2D eigenvalue weighted by Gasteiger charge is 2.19. The largest absolute Gasteiger partial charge is 0.462 e. The van der Waals surface area contributed by atoms with Crippen LogP contribution in [0.15, 0.2) is 48.6 Å². The smallest absolute Gasteiger partial charge is 0.306 e. The van der Waals surface area contributed by atoms with Crippen LogP contribution < -0.4 is 0 Å². The van der Waals surface area contributed by atoms with Crippen molar-refractivity contribution in [2.45, 2.75) is 258 Å². The summed E-state index contributed by atoms with van der Waals surface area (Å²) in [6.07, 6.45) is 56.5. The fraction of sp³-hybridized carbons (Fsp3) is 0.792. The van der Waals surface area contributed by atoms with Crippen LogP contribution in [0.1, 0.15) is 252 Å². The zero-order valence-electron chi connectivity index (χ0n) is 39.0. The quantitative estimate of drug-likeness (QED) is 0.0263. The molecular weight excluding hydrogens is 733 g/mol. The maximum absolute atomic E-state index is 12.8. The number of hydrogen-bond acceptors (Lipinski definition) is 6. The van der Waals surface area contributed by atoms with Crippen LogP contribution in [0.2, 0.25) is 0 Å². The molecule has 0 bridgehead atoms. The second-order valence-corrected chi connectivity index (χ2v) is 16.7. The van der Waals surface area contributed by atoms with Crippen molar-refractivity contribution >= 4 is 17.9 Å². The fourth-order valence-corrected chi connectivity index (χ4v) is 6.95. The monoisotopic (exact) mass is 827 g/mol. The van der Waals surface area contributed by atoms with Crippen molar-refractivity contribution < 1.29 is 28.6 Å². The molecule has 0 unspecified atom stereocenters. The molecule has 0 spiro atoms. The molecule has 0 N–H and O–H groups in total. The highest BCUT2D eigenvalue weighted by atomic mass is 16.6. The minimum atomic E-state index is -0.782. The van der Waals surface area contributed by atoms with Crippen LogP contribution in [0.3, 0.4) is 0 Å². The number of esters is 3. The molecule has 0 amide bonds. The van der Waals surface area contributed by atoms with E-state index in [-0.39, 0.29) is 31.1 Å². The van der Waals surface area contributed by atoms with Crippen LogP contribution >= 0.6 is 0 Å². The van der Waals surface area contributed by atoms with E-state index in [0.29, 0.717) is 19.3 Å².